The summed E-state index contributed by atoms with van der Waals surface area (Å²) >= 11 is 3.42. The van der Waals surface area contributed by atoms with Crippen LogP contribution in [0.25, 0.3) is 0 Å². The highest BCUT2D eigenvalue weighted by molar-refractivity contribution is 9.10. The molecule has 1 N–H and O–H groups in total. The van der Waals surface area contributed by atoms with E-state index in [0.29, 0.717) is 5.92 Å². The second kappa shape index (κ2) is 6.50. The minimum absolute atomic E-state index is 0.204. The van der Waals surface area contributed by atoms with E-state index in [1.165, 1.54) is 38.5 Å². The number of rotatable bonds is 3. The number of hydrogen-bond donors (Lipinski definition) is 1. The summed E-state index contributed by atoms with van der Waals surface area (Å²) in [5.41, 5.74) is 1.12. The molecule has 0 radical (unpaired) electrons. The minimum Gasteiger partial charge on any atom is -0.392 e. The summed E-state index contributed by atoms with van der Waals surface area (Å²) in [5.74, 6) is 0.483. The van der Waals surface area contributed by atoms with Gasteiger partial charge in [0.2, 0.25) is 0 Å². The van der Waals surface area contributed by atoms with Crippen molar-refractivity contribution in [2.45, 2.75) is 51.0 Å². The molecule has 94 valence electrons. The Morgan fingerprint density at radius 2 is 1.94 bits per heavy atom. The molecule has 0 aromatic carbocycles. The van der Waals surface area contributed by atoms with Crippen LogP contribution in [-0.2, 0) is 6.42 Å². The van der Waals surface area contributed by atoms with E-state index < -0.39 is 0 Å². The zero-order valence-electron chi connectivity index (χ0n) is 10.1. The van der Waals surface area contributed by atoms with Crippen molar-refractivity contribution < 1.29 is 5.11 Å². The smallest absolute Gasteiger partial charge is 0.0609 e. The fourth-order valence-corrected chi connectivity index (χ4v) is 3.08. The summed E-state index contributed by atoms with van der Waals surface area (Å²) in [4.78, 5) is 4.14. The van der Waals surface area contributed by atoms with Crippen LogP contribution in [0.2, 0.25) is 0 Å². The molecule has 1 fully saturated rings. The molecular formula is C14H20BrNO. The average Bonchev–Trinajstić information content (AvgIpc) is 2.57. The number of nitrogens with zero attached hydrogens (tertiary/aromatic N) is 1. The largest absolute Gasteiger partial charge is 0.392 e. The molecule has 2 rings (SSSR count). The van der Waals surface area contributed by atoms with Crippen molar-refractivity contribution >= 4 is 15.9 Å². The van der Waals surface area contributed by atoms with Crippen molar-refractivity contribution in [2.75, 3.05) is 0 Å². The third-order valence-corrected chi connectivity index (χ3v) is 4.08. The van der Waals surface area contributed by atoms with E-state index in [9.17, 15) is 5.11 Å². The molecule has 3 heteroatoms. The molecule has 0 bridgehead atoms. The monoisotopic (exact) mass is 297 g/mol. The zero-order chi connectivity index (χ0) is 12.1. The Morgan fingerprint density at radius 1 is 1.24 bits per heavy atom. The van der Waals surface area contributed by atoms with Crippen LogP contribution in [0.5, 0.6) is 0 Å². The molecule has 1 aliphatic carbocycles. The van der Waals surface area contributed by atoms with Crippen LogP contribution in [0.1, 0.15) is 44.1 Å². The molecule has 0 aliphatic heterocycles. The zero-order valence-corrected chi connectivity index (χ0v) is 11.7. The molecule has 2 nitrogen and oxygen atoms in total. The summed E-state index contributed by atoms with van der Waals surface area (Å²) < 4.78 is 0.989. The molecular weight excluding hydrogens is 278 g/mol. The van der Waals surface area contributed by atoms with Gasteiger partial charge in [0.05, 0.1) is 6.10 Å². The van der Waals surface area contributed by atoms with Crippen molar-refractivity contribution in [3.63, 3.8) is 0 Å². The summed E-state index contributed by atoms with van der Waals surface area (Å²) in [6.45, 7) is 0. The molecule has 1 heterocycles. The van der Waals surface area contributed by atoms with Gasteiger partial charge in [-0.05, 0) is 46.3 Å². The SMILES string of the molecule is OC(Cc1cncc(Br)c1)C1CCCCCC1. The van der Waals surface area contributed by atoms with Crippen molar-refractivity contribution in [1.82, 2.24) is 4.98 Å². The lowest BCUT2D eigenvalue weighted by Crippen LogP contribution is -2.22. The maximum atomic E-state index is 10.3. The predicted octanol–water partition coefficient (Wildman–Crippen LogP) is 3.72. The first kappa shape index (κ1) is 13.0. The molecule has 1 atom stereocenters. The molecule has 1 aromatic heterocycles. The number of hydrogen-bond acceptors (Lipinski definition) is 2. The highest BCUT2D eigenvalue weighted by atomic mass is 79.9. The maximum absolute atomic E-state index is 10.3. The Labute approximate surface area is 112 Å². The highest BCUT2D eigenvalue weighted by Crippen LogP contribution is 2.27. The van der Waals surface area contributed by atoms with Crippen LogP contribution < -0.4 is 0 Å². The van der Waals surface area contributed by atoms with Crippen molar-refractivity contribution in [2.24, 2.45) is 5.92 Å². The predicted molar refractivity (Wildman–Crippen MR) is 72.8 cm³/mol. The van der Waals surface area contributed by atoms with Crippen LogP contribution in [-0.4, -0.2) is 16.2 Å². The van der Waals surface area contributed by atoms with E-state index >= 15 is 0 Å². The van der Waals surface area contributed by atoms with E-state index in [1.54, 1.807) is 6.20 Å². The highest BCUT2D eigenvalue weighted by Gasteiger charge is 2.20. The summed E-state index contributed by atoms with van der Waals surface area (Å²) in [5, 5.41) is 10.3. The topological polar surface area (TPSA) is 33.1 Å². The third kappa shape index (κ3) is 4.07. The van der Waals surface area contributed by atoms with Crippen molar-refractivity contribution in [1.29, 1.82) is 0 Å². The van der Waals surface area contributed by atoms with Gasteiger partial charge < -0.3 is 5.11 Å². The van der Waals surface area contributed by atoms with Gasteiger partial charge in [0.15, 0.2) is 0 Å². The molecule has 0 amide bonds. The van der Waals surface area contributed by atoms with Gasteiger partial charge in [-0.15, -0.1) is 0 Å². The molecule has 17 heavy (non-hydrogen) atoms. The molecule has 1 aromatic rings. The molecule has 1 unspecified atom stereocenters. The summed E-state index contributed by atoms with van der Waals surface area (Å²) in [7, 11) is 0. The molecule has 0 saturated heterocycles. The number of pyridine rings is 1. The van der Waals surface area contributed by atoms with Gasteiger partial charge in [-0.3, -0.25) is 4.98 Å². The van der Waals surface area contributed by atoms with Crippen LogP contribution >= 0.6 is 15.9 Å². The Hall–Kier alpha value is -0.410. The first-order chi connectivity index (χ1) is 8.25. The fourth-order valence-electron chi connectivity index (χ4n) is 2.67. The molecule has 1 saturated carbocycles. The quantitative estimate of drug-likeness (QED) is 0.863. The van der Waals surface area contributed by atoms with Gasteiger partial charge in [-0.25, -0.2) is 0 Å². The Kier molecular flexibility index (Phi) is 4.99. The Bertz CT molecular complexity index is 348. The molecule has 0 spiro atoms. The summed E-state index contributed by atoms with van der Waals surface area (Å²) in [6, 6.07) is 2.05. The Balaban J connectivity index is 1.93. The van der Waals surface area contributed by atoms with E-state index in [4.69, 9.17) is 0 Å². The Morgan fingerprint density at radius 3 is 2.59 bits per heavy atom. The van der Waals surface area contributed by atoms with E-state index in [1.807, 2.05) is 12.3 Å². The maximum Gasteiger partial charge on any atom is 0.0609 e. The van der Waals surface area contributed by atoms with Crippen LogP contribution in [0.15, 0.2) is 22.9 Å². The average molecular weight is 298 g/mol. The molecule has 1 aliphatic rings. The standard InChI is InChI=1S/C14H20BrNO/c15-13-7-11(9-16-10-13)8-14(17)12-5-3-1-2-4-6-12/h7,9-10,12,14,17H,1-6,8H2. The minimum atomic E-state index is -0.204. The first-order valence-corrected chi connectivity index (χ1v) is 7.32. The van der Waals surface area contributed by atoms with Gasteiger partial charge in [0, 0.05) is 23.3 Å². The third-order valence-electron chi connectivity index (χ3n) is 3.65. The van der Waals surface area contributed by atoms with Gasteiger partial charge in [0.25, 0.3) is 0 Å². The lowest BCUT2D eigenvalue weighted by Gasteiger charge is -2.21. The van der Waals surface area contributed by atoms with E-state index in [-0.39, 0.29) is 6.10 Å². The number of aliphatic hydroxyl groups excluding tert-OH is 1. The van der Waals surface area contributed by atoms with Crippen molar-refractivity contribution in [3.05, 3.63) is 28.5 Å². The first-order valence-electron chi connectivity index (χ1n) is 6.53. The van der Waals surface area contributed by atoms with Crippen LogP contribution in [0.3, 0.4) is 0 Å². The lowest BCUT2D eigenvalue weighted by molar-refractivity contribution is 0.0985. The number of aliphatic hydroxyl groups is 1. The summed E-state index contributed by atoms with van der Waals surface area (Å²) in [6.07, 6.45) is 11.7. The second-order valence-corrected chi connectivity index (χ2v) is 5.95. The number of halogens is 1. The van der Waals surface area contributed by atoms with Gasteiger partial charge in [-0.2, -0.15) is 0 Å². The normalized spacial score (nSPS) is 19.9. The number of aromatic nitrogens is 1. The van der Waals surface area contributed by atoms with E-state index in [2.05, 4.69) is 20.9 Å². The van der Waals surface area contributed by atoms with Crippen LogP contribution in [0.4, 0.5) is 0 Å². The van der Waals surface area contributed by atoms with E-state index in [0.717, 1.165) is 16.5 Å². The van der Waals surface area contributed by atoms with Gasteiger partial charge >= 0.3 is 0 Å². The lowest BCUT2D eigenvalue weighted by atomic mass is 9.90. The van der Waals surface area contributed by atoms with Gasteiger partial charge in [-0.1, -0.05) is 25.7 Å². The fraction of sp³-hybridized carbons (Fsp3) is 0.643. The van der Waals surface area contributed by atoms with Gasteiger partial charge in [0.1, 0.15) is 0 Å². The van der Waals surface area contributed by atoms with Crippen molar-refractivity contribution in [3.8, 4) is 0 Å². The van der Waals surface area contributed by atoms with Crippen LogP contribution in [0, 0.1) is 5.92 Å². The second-order valence-electron chi connectivity index (χ2n) is 5.03.